The van der Waals surface area contributed by atoms with Crippen molar-refractivity contribution in [2.45, 2.75) is 13.0 Å². The van der Waals surface area contributed by atoms with Crippen LogP contribution in [0, 0.1) is 0 Å². The second-order valence-corrected chi connectivity index (χ2v) is 4.16. The maximum Gasteiger partial charge on any atom is 0.354 e. The number of pyridine rings is 2. The number of nitrogens with one attached hydrogen (secondary N) is 1. The SMILES string of the molecule is CC(NC(=O)c1cccc(C(=O)O)n1)c1ccccn1. The molecule has 0 saturated heterocycles. The van der Waals surface area contributed by atoms with Crippen molar-refractivity contribution in [3.8, 4) is 0 Å². The molecule has 6 heteroatoms. The number of hydrogen-bond acceptors (Lipinski definition) is 4. The van der Waals surface area contributed by atoms with Gasteiger partial charge in [-0.1, -0.05) is 12.1 Å². The van der Waals surface area contributed by atoms with Crippen molar-refractivity contribution in [3.63, 3.8) is 0 Å². The number of carboxylic acid groups (broad SMARTS) is 1. The minimum Gasteiger partial charge on any atom is -0.477 e. The van der Waals surface area contributed by atoms with E-state index in [0.717, 1.165) is 5.69 Å². The lowest BCUT2D eigenvalue weighted by Crippen LogP contribution is -2.28. The third-order valence-corrected chi connectivity index (χ3v) is 2.68. The predicted molar refractivity (Wildman–Crippen MR) is 71.3 cm³/mol. The third kappa shape index (κ3) is 3.17. The first kappa shape index (κ1) is 13.7. The normalized spacial score (nSPS) is 11.7. The minimum absolute atomic E-state index is 0.0627. The summed E-state index contributed by atoms with van der Waals surface area (Å²) in [5, 5.41) is 11.6. The number of carbonyl (C=O) groups excluding carboxylic acids is 1. The molecule has 0 aliphatic rings. The van der Waals surface area contributed by atoms with Crippen molar-refractivity contribution in [2.24, 2.45) is 0 Å². The second-order valence-electron chi connectivity index (χ2n) is 4.16. The predicted octanol–water partition coefficient (Wildman–Crippen LogP) is 1.67. The molecule has 1 atom stereocenters. The average Bonchev–Trinajstić information content (AvgIpc) is 2.48. The highest BCUT2D eigenvalue weighted by Gasteiger charge is 2.14. The molecule has 0 bridgehead atoms. The van der Waals surface area contributed by atoms with Gasteiger partial charge < -0.3 is 10.4 Å². The van der Waals surface area contributed by atoms with E-state index in [1.54, 1.807) is 25.3 Å². The summed E-state index contributed by atoms with van der Waals surface area (Å²) in [5.41, 5.74) is 0.617. The highest BCUT2D eigenvalue weighted by atomic mass is 16.4. The Labute approximate surface area is 115 Å². The van der Waals surface area contributed by atoms with E-state index in [2.05, 4.69) is 15.3 Å². The number of carboxylic acids is 1. The van der Waals surface area contributed by atoms with E-state index in [1.165, 1.54) is 18.2 Å². The topological polar surface area (TPSA) is 92.2 Å². The maximum atomic E-state index is 12.0. The van der Waals surface area contributed by atoms with Gasteiger partial charge in [0.25, 0.3) is 5.91 Å². The molecule has 0 saturated carbocycles. The average molecular weight is 271 g/mol. The molecule has 0 spiro atoms. The van der Waals surface area contributed by atoms with E-state index in [0.29, 0.717) is 0 Å². The molecular weight excluding hydrogens is 258 g/mol. The van der Waals surface area contributed by atoms with E-state index < -0.39 is 11.9 Å². The molecule has 6 nitrogen and oxygen atoms in total. The monoisotopic (exact) mass is 271 g/mol. The molecule has 20 heavy (non-hydrogen) atoms. The Morgan fingerprint density at radius 2 is 1.90 bits per heavy atom. The molecule has 1 amide bonds. The molecule has 2 rings (SSSR count). The van der Waals surface area contributed by atoms with E-state index in [9.17, 15) is 9.59 Å². The lowest BCUT2D eigenvalue weighted by Gasteiger charge is -2.12. The Morgan fingerprint density at radius 1 is 1.15 bits per heavy atom. The minimum atomic E-state index is -1.17. The standard InChI is InChI=1S/C14H13N3O3/c1-9(10-5-2-3-8-15-10)16-13(18)11-6-4-7-12(17-11)14(19)20/h2-9H,1H3,(H,16,18)(H,19,20). The fourth-order valence-electron chi connectivity index (χ4n) is 1.66. The van der Waals surface area contributed by atoms with Gasteiger partial charge in [0.15, 0.2) is 0 Å². The lowest BCUT2D eigenvalue weighted by molar-refractivity contribution is 0.0690. The van der Waals surface area contributed by atoms with Gasteiger partial charge in [0.1, 0.15) is 11.4 Å². The molecule has 2 aromatic heterocycles. The summed E-state index contributed by atoms with van der Waals surface area (Å²) >= 11 is 0. The van der Waals surface area contributed by atoms with Crippen molar-refractivity contribution in [2.75, 3.05) is 0 Å². The first-order valence-corrected chi connectivity index (χ1v) is 6.00. The highest BCUT2D eigenvalue weighted by molar-refractivity contribution is 5.94. The van der Waals surface area contributed by atoms with Crippen molar-refractivity contribution in [1.82, 2.24) is 15.3 Å². The van der Waals surface area contributed by atoms with Crippen LogP contribution in [0.2, 0.25) is 0 Å². The Morgan fingerprint density at radius 3 is 2.55 bits per heavy atom. The van der Waals surface area contributed by atoms with Gasteiger partial charge in [0, 0.05) is 6.20 Å². The first-order chi connectivity index (χ1) is 9.58. The van der Waals surface area contributed by atoms with Gasteiger partial charge in [0.2, 0.25) is 0 Å². The zero-order valence-corrected chi connectivity index (χ0v) is 10.8. The lowest BCUT2D eigenvalue weighted by atomic mass is 10.2. The molecule has 0 fully saturated rings. The molecule has 2 aromatic rings. The number of hydrogen-bond donors (Lipinski definition) is 2. The van der Waals surface area contributed by atoms with Crippen LogP contribution in [0.4, 0.5) is 0 Å². The first-order valence-electron chi connectivity index (χ1n) is 6.00. The fourth-order valence-corrected chi connectivity index (χ4v) is 1.66. The van der Waals surface area contributed by atoms with Crippen LogP contribution in [0.15, 0.2) is 42.6 Å². The van der Waals surface area contributed by atoms with Gasteiger partial charge in [-0.05, 0) is 31.2 Å². The molecular formula is C14H13N3O3. The number of aromatic nitrogens is 2. The number of amides is 1. The van der Waals surface area contributed by atoms with Crippen LogP contribution in [-0.2, 0) is 0 Å². The zero-order chi connectivity index (χ0) is 14.5. The van der Waals surface area contributed by atoms with Crippen molar-refractivity contribution in [1.29, 1.82) is 0 Å². The molecule has 2 heterocycles. The van der Waals surface area contributed by atoms with Gasteiger partial charge in [-0.25, -0.2) is 9.78 Å². The maximum absolute atomic E-state index is 12.0. The molecule has 2 N–H and O–H groups in total. The smallest absolute Gasteiger partial charge is 0.354 e. The van der Waals surface area contributed by atoms with E-state index >= 15 is 0 Å². The molecule has 0 aliphatic carbocycles. The second kappa shape index (κ2) is 5.92. The van der Waals surface area contributed by atoms with Gasteiger partial charge >= 0.3 is 5.97 Å². The largest absolute Gasteiger partial charge is 0.477 e. The summed E-state index contributed by atoms with van der Waals surface area (Å²) < 4.78 is 0. The van der Waals surface area contributed by atoms with E-state index in [-0.39, 0.29) is 17.4 Å². The Bertz CT molecular complexity index is 629. The Kier molecular flexibility index (Phi) is 4.05. The van der Waals surface area contributed by atoms with Gasteiger partial charge in [-0.2, -0.15) is 0 Å². The molecule has 0 radical (unpaired) electrons. The van der Waals surface area contributed by atoms with Crippen LogP contribution >= 0.6 is 0 Å². The summed E-state index contributed by atoms with van der Waals surface area (Å²) in [6, 6.07) is 9.40. The molecule has 0 aliphatic heterocycles. The van der Waals surface area contributed by atoms with E-state index in [4.69, 9.17) is 5.11 Å². The quantitative estimate of drug-likeness (QED) is 0.882. The van der Waals surface area contributed by atoms with Gasteiger partial charge in [0.05, 0.1) is 11.7 Å². The Balaban J connectivity index is 2.12. The highest BCUT2D eigenvalue weighted by Crippen LogP contribution is 2.09. The number of aromatic carboxylic acids is 1. The van der Waals surface area contributed by atoms with Crippen molar-refractivity contribution >= 4 is 11.9 Å². The summed E-state index contributed by atoms with van der Waals surface area (Å²) in [5.74, 6) is -1.61. The summed E-state index contributed by atoms with van der Waals surface area (Å²) in [7, 11) is 0. The van der Waals surface area contributed by atoms with E-state index in [1.807, 2.05) is 6.07 Å². The zero-order valence-electron chi connectivity index (χ0n) is 10.8. The summed E-state index contributed by atoms with van der Waals surface area (Å²) in [6.45, 7) is 1.79. The summed E-state index contributed by atoms with van der Waals surface area (Å²) in [4.78, 5) is 30.8. The van der Waals surface area contributed by atoms with Gasteiger partial charge in [-0.15, -0.1) is 0 Å². The van der Waals surface area contributed by atoms with Crippen molar-refractivity contribution in [3.05, 3.63) is 59.7 Å². The van der Waals surface area contributed by atoms with Crippen LogP contribution in [0.3, 0.4) is 0 Å². The number of rotatable bonds is 4. The van der Waals surface area contributed by atoms with Gasteiger partial charge in [-0.3, -0.25) is 9.78 Å². The third-order valence-electron chi connectivity index (χ3n) is 2.68. The molecule has 1 unspecified atom stereocenters. The summed E-state index contributed by atoms with van der Waals surface area (Å²) in [6.07, 6.45) is 1.64. The van der Waals surface area contributed by atoms with Crippen LogP contribution in [0.25, 0.3) is 0 Å². The fraction of sp³-hybridized carbons (Fsp3) is 0.143. The van der Waals surface area contributed by atoms with Crippen LogP contribution < -0.4 is 5.32 Å². The number of nitrogens with zero attached hydrogens (tertiary/aromatic N) is 2. The van der Waals surface area contributed by atoms with Crippen LogP contribution in [-0.4, -0.2) is 27.0 Å². The van der Waals surface area contributed by atoms with Crippen LogP contribution in [0.5, 0.6) is 0 Å². The van der Waals surface area contributed by atoms with Crippen LogP contribution in [0.1, 0.15) is 39.6 Å². The molecule has 0 aromatic carbocycles. The van der Waals surface area contributed by atoms with Crippen molar-refractivity contribution < 1.29 is 14.7 Å². The number of carbonyl (C=O) groups is 2. The molecule has 102 valence electrons. The Hall–Kier alpha value is -2.76.